The Balaban J connectivity index is 2.25. The molecule has 0 atom stereocenters. The summed E-state index contributed by atoms with van der Waals surface area (Å²) in [6, 6.07) is 3.24. The number of hydrogen-bond donors (Lipinski definition) is 1. The molecule has 0 aromatic heterocycles. The summed E-state index contributed by atoms with van der Waals surface area (Å²) in [5.41, 5.74) is 0.205. The third-order valence-electron chi connectivity index (χ3n) is 2.73. The average Bonchev–Trinajstić information content (AvgIpc) is 2.38. The molecule has 22 heavy (non-hydrogen) atoms. The first-order valence-electron chi connectivity index (χ1n) is 6.20. The zero-order chi connectivity index (χ0) is 16.5. The Kier molecular flexibility index (Phi) is 4.67. The van der Waals surface area contributed by atoms with Crippen molar-refractivity contribution in [2.45, 2.75) is 19.6 Å². The summed E-state index contributed by atoms with van der Waals surface area (Å²) in [4.78, 5) is 23.6. The second kappa shape index (κ2) is 6.18. The van der Waals surface area contributed by atoms with E-state index in [0.29, 0.717) is 20.9 Å². The van der Waals surface area contributed by atoms with Gasteiger partial charge in [-0.3, -0.25) is 0 Å². The number of hydrogen-bond acceptors (Lipinski definition) is 6. The van der Waals surface area contributed by atoms with E-state index in [4.69, 9.17) is 25.8 Å². The first kappa shape index (κ1) is 16.6. The number of methoxy groups -OCH3 is 1. The zero-order valence-electron chi connectivity index (χ0n) is 12.0. The van der Waals surface area contributed by atoms with Crippen LogP contribution in [0.4, 0.5) is 5.69 Å². The molecule has 6 nitrogen and oxygen atoms in total. The number of rotatable bonds is 3. The number of cyclic esters (lactones) is 2. The van der Waals surface area contributed by atoms with Crippen molar-refractivity contribution in [3.05, 3.63) is 33.4 Å². The lowest BCUT2D eigenvalue weighted by Gasteiger charge is -2.29. The van der Waals surface area contributed by atoms with Crippen molar-refractivity contribution < 1.29 is 23.8 Å². The molecule has 1 N–H and O–H groups in total. The Bertz CT molecular complexity index is 649. The Morgan fingerprint density at radius 2 is 1.86 bits per heavy atom. The maximum atomic E-state index is 11.8. The number of nitrogens with one attached hydrogen (secondary N) is 1. The lowest BCUT2D eigenvalue weighted by molar-refractivity contribution is -0.222. The molecule has 0 unspecified atom stereocenters. The molecule has 0 bridgehead atoms. The number of ether oxygens (including phenoxy) is 3. The molecular weight excluding hydrogens is 378 g/mol. The van der Waals surface area contributed by atoms with E-state index in [1.807, 2.05) is 0 Å². The zero-order valence-corrected chi connectivity index (χ0v) is 14.4. The molecule has 0 saturated carbocycles. The predicted octanol–water partition coefficient (Wildman–Crippen LogP) is 3.24. The normalized spacial score (nSPS) is 16.7. The van der Waals surface area contributed by atoms with Crippen LogP contribution in [0.1, 0.15) is 13.8 Å². The maximum Gasteiger partial charge on any atom is 0.350 e. The Hall–Kier alpha value is -1.73. The van der Waals surface area contributed by atoms with Gasteiger partial charge in [-0.1, -0.05) is 11.6 Å². The molecule has 0 aliphatic carbocycles. The van der Waals surface area contributed by atoms with Gasteiger partial charge in [0.05, 0.1) is 22.3 Å². The summed E-state index contributed by atoms with van der Waals surface area (Å²) >= 11 is 9.38. The smallest absolute Gasteiger partial charge is 0.350 e. The fourth-order valence-corrected chi connectivity index (χ4v) is 2.58. The SMILES string of the molecule is COc1cc(NC=C2C(=O)OC(C)(C)OC2=O)c(Cl)cc1Br. The lowest BCUT2D eigenvalue weighted by atomic mass is 10.2. The highest BCUT2D eigenvalue weighted by Gasteiger charge is 2.38. The van der Waals surface area contributed by atoms with Crippen LogP contribution in [0.2, 0.25) is 5.02 Å². The van der Waals surface area contributed by atoms with Crippen molar-refractivity contribution >= 4 is 45.2 Å². The van der Waals surface area contributed by atoms with E-state index < -0.39 is 17.7 Å². The highest BCUT2D eigenvalue weighted by molar-refractivity contribution is 9.10. The predicted molar refractivity (Wildman–Crippen MR) is 83.7 cm³/mol. The average molecular weight is 391 g/mol. The van der Waals surface area contributed by atoms with Crippen LogP contribution in [0.3, 0.4) is 0 Å². The molecule has 2 rings (SSSR count). The molecule has 0 spiro atoms. The number of esters is 2. The summed E-state index contributed by atoms with van der Waals surface area (Å²) in [6.45, 7) is 2.95. The van der Waals surface area contributed by atoms with Gasteiger partial charge in [-0.2, -0.15) is 0 Å². The second-order valence-electron chi connectivity index (χ2n) is 4.85. The standard InChI is InChI=1S/C14H13BrClNO5/c1-14(2)21-12(18)7(13(19)22-14)6-17-10-5-11(20-3)8(15)4-9(10)16/h4-6,17H,1-3H3. The molecule has 1 saturated heterocycles. The molecule has 118 valence electrons. The van der Waals surface area contributed by atoms with Crippen LogP contribution >= 0.6 is 27.5 Å². The number of anilines is 1. The van der Waals surface area contributed by atoms with Gasteiger partial charge >= 0.3 is 11.9 Å². The van der Waals surface area contributed by atoms with Crippen molar-refractivity contribution in [1.29, 1.82) is 0 Å². The summed E-state index contributed by atoms with van der Waals surface area (Å²) < 4.78 is 15.8. The molecule has 1 aliphatic heterocycles. The van der Waals surface area contributed by atoms with Gasteiger partial charge < -0.3 is 19.5 Å². The summed E-state index contributed by atoms with van der Waals surface area (Å²) in [6.07, 6.45) is 1.19. The van der Waals surface area contributed by atoms with Gasteiger partial charge in [0, 0.05) is 26.1 Å². The van der Waals surface area contributed by atoms with E-state index in [0.717, 1.165) is 0 Å². The van der Waals surface area contributed by atoms with E-state index in [9.17, 15) is 9.59 Å². The minimum Gasteiger partial charge on any atom is -0.495 e. The van der Waals surface area contributed by atoms with E-state index >= 15 is 0 Å². The van der Waals surface area contributed by atoms with E-state index in [1.54, 1.807) is 12.1 Å². The van der Waals surface area contributed by atoms with Crippen molar-refractivity contribution in [3.8, 4) is 5.75 Å². The monoisotopic (exact) mass is 389 g/mol. The molecule has 1 fully saturated rings. The van der Waals surface area contributed by atoms with Gasteiger partial charge in [0.1, 0.15) is 5.75 Å². The number of carbonyl (C=O) groups is 2. The van der Waals surface area contributed by atoms with Crippen LogP contribution in [0.15, 0.2) is 28.4 Å². The van der Waals surface area contributed by atoms with Crippen LogP contribution in [0.5, 0.6) is 5.75 Å². The Morgan fingerprint density at radius 1 is 1.27 bits per heavy atom. The molecular formula is C14H13BrClNO5. The highest BCUT2D eigenvalue weighted by Crippen LogP contribution is 2.34. The Labute approximate surface area is 140 Å². The molecule has 0 radical (unpaired) electrons. The minimum absolute atomic E-state index is 0.253. The quantitative estimate of drug-likeness (QED) is 0.485. The molecule has 1 aromatic rings. The highest BCUT2D eigenvalue weighted by atomic mass is 79.9. The largest absolute Gasteiger partial charge is 0.495 e. The van der Waals surface area contributed by atoms with Gasteiger partial charge in [-0.25, -0.2) is 9.59 Å². The first-order chi connectivity index (χ1) is 10.2. The summed E-state index contributed by atoms with van der Waals surface area (Å²) in [5.74, 6) is -2.27. The van der Waals surface area contributed by atoms with E-state index in [2.05, 4.69) is 21.2 Å². The van der Waals surface area contributed by atoms with Crippen LogP contribution in [0, 0.1) is 0 Å². The summed E-state index contributed by atoms with van der Waals surface area (Å²) in [5, 5.41) is 3.15. The molecule has 0 amide bonds. The van der Waals surface area contributed by atoms with Crippen LogP contribution in [0.25, 0.3) is 0 Å². The molecule has 8 heteroatoms. The first-order valence-corrected chi connectivity index (χ1v) is 7.37. The third kappa shape index (κ3) is 3.53. The van der Waals surface area contributed by atoms with Crippen molar-refractivity contribution in [2.24, 2.45) is 0 Å². The minimum atomic E-state index is -1.27. The number of carbonyl (C=O) groups excluding carboxylic acids is 2. The fourth-order valence-electron chi connectivity index (χ4n) is 1.72. The number of halogens is 2. The molecule has 1 heterocycles. The second-order valence-corrected chi connectivity index (χ2v) is 6.11. The van der Waals surface area contributed by atoms with Gasteiger partial charge in [0.15, 0.2) is 5.57 Å². The number of benzene rings is 1. The topological polar surface area (TPSA) is 73.9 Å². The van der Waals surface area contributed by atoms with Crippen LogP contribution in [-0.4, -0.2) is 24.8 Å². The lowest BCUT2D eigenvalue weighted by Crippen LogP contribution is -2.42. The van der Waals surface area contributed by atoms with E-state index in [1.165, 1.54) is 27.2 Å². The third-order valence-corrected chi connectivity index (χ3v) is 3.66. The van der Waals surface area contributed by atoms with Crippen molar-refractivity contribution in [2.75, 3.05) is 12.4 Å². The maximum absolute atomic E-state index is 11.8. The van der Waals surface area contributed by atoms with Gasteiger partial charge in [-0.05, 0) is 22.0 Å². The summed E-state index contributed by atoms with van der Waals surface area (Å²) in [7, 11) is 1.51. The fraction of sp³-hybridized carbons (Fsp3) is 0.286. The van der Waals surface area contributed by atoms with Gasteiger partial charge in [0.2, 0.25) is 0 Å². The molecule has 1 aromatic carbocycles. The molecule has 1 aliphatic rings. The van der Waals surface area contributed by atoms with Crippen LogP contribution in [-0.2, 0) is 19.1 Å². The van der Waals surface area contributed by atoms with E-state index in [-0.39, 0.29) is 5.57 Å². The van der Waals surface area contributed by atoms with Crippen molar-refractivity contribution in [3.63, 3.8) is 0 Å². The van der Waals surface area contributed by atoms with Crippen molar-refractivity contribution in [1.82, 2.24) is 0 Å². The van der Waals surface area contributed by atoms with Gasteiger partial charge in [-0.15, -0.1) is 0 Å². The van der Waals surface area contributed by atoms with Crippen LogP contribution < -0.4 is 10.1 Å². The van der Waals surface area contributed by atoms with Gasteiger partial charge in [0.25, 0.3) is 5.79 Å². The Morgan fingerprint density at radius 3 is 2.41 bits per heavy atom.